The van der Waals surface area contributed by atoms with Gasteiger partial charge in [-0.3, -0.25) is 4.55 Å². The Labute approximate surface area is 193 Å². The molecular formula is C21H37NaO5S. The van der Waals surface area contributed by atoms with E-state index in [1.807, 2.05) is 0 Å². The first kappa shape index (κ1) is 27.7. The summed E-state index contributed by atoms with van der Waals surface area (Å²) in [7, 11) is -4.53. The van der Waals surface area contributed by atoms with Crippen molar-refractivity contribution in [2.75, 3.05) is 0 Å². The second-order valence-corrected chi connectivity index (χ2v) is 8.81. The van der Waals surface area contributed by atoms with Crippen LogP contribution < -0.4 is 0 Å². The average Bonchev–Trinajstić information content (AvgIpc) is 2.60. The van der Waals surface area contributed by atoms with Crippen LogP contribution in [-0.4, -0.2) is 52.7 Å². The zero-order chi connectivity index (χ0) is 20.1. The summed E-state index contributed by atoms with van der Waals surface area (Å²) in [4.78, 5) is -0.658. The van der Waals surface area contributed by atoms with Crippen LogP contribution >= 0.6 is 0 Å². The van der Waals surface area contributed by atoms with Gasteiger partial charge in [-0.25, -0.2) is 0 Å². The van der Waals surface area contributed by atoms with Gasteiger partial charge in [0.05, 0.1) is 0 Å². The minimum atomic E-state index is -4.53. The molecular weight excluding hydrogens is 387 g/mol. The van der Waals surface area contributed by atoms with Gasteiger partial charge in [-0.1, -0.05) is 84.0 Å². The minimum absolute atomic E-state index is 0. The van der Waals surface area contributed by atoms with Crippen molar-refractivity contribution in [2.24, 2.45) is 0 Å². The first-order valence-electron chi connectivity index (χ1n) is 10.4. The molecule has 28 heavy (non-hydrogen) atoms. The fourth-order valence-electron chi connectivity index (χ4n) is 3.34. The third-order valence-corrected chi connectivity index (χ3v) is 5.87. The fourth-order valence-corrected chi connectivity index (χ4v) is 3.92. The predicted molar refractivity (Wildman–Crippen MR) is 116 cm³/mol. The molecule has 0 unspecified atom stereocenters. The first-order valence-corrected chi connectivity index (χ1v) is 11.8. The molecule has 1 aromatic rings. The quantitative estimate of drug-likeness (QED) is 0.153. The van der Waals surface area contributed by atoms with Crippen LogP contribution in [0.1, 0.15) is 96.0 Å². The molecule has 0 radical (unpaired) electrons. The van der Waals surface area contributed by atoms with E-state index < -0.39 is 20.8 Å². The molecule has 7 heteroatoms. The van der Waals surface area contributed by atoms with E-state index in [-0.39, 0.29) is 35.3 Å². The summed E-state index contributed by atoms with van der Waals surface area (Å²) in [5.41, 5.74) is 0.503. The van der Waals surface area contributed by atoms with Crippen LogP contribution in [0.4, 0.5) is 0 Å². The molecule has 158 valence electrons. The van der Waals surface area contributed by atoms with E-state index in [1.165, 1.54) is 70.3 Å². The van der Waals surface area contributed by atoms with E-state index in [1.54, 1.807) is 0 Å². The third-order valence-electron chi connectivity index (χ3n) is 4.99. The number of hydrogen-bond acceptors (Lipinski definition) is 4. The summed E-state index contributed by atoms with van der Waals surface area (Å²) >= 11 is 0. The summed E-state index contributed by atoms with van der Waals surface area (Å²) < 4.78 is 31.2. The Balaban J connectivity index is 0.00000729. The Bertz CT molecular complexity index is 646. The van der Waals surface area contributed by atoms with Crippen LogP contribution in [0.3, 0.4) is 0 Å². The van der Waals surface area contributed by atoms with Crippen LogP contribution in [0.15, 0.2) is 17.0 Å². The number of phenols is 2. The van der Waals surface area contributed by atoms with Gasteiger partial charge in [0, 0.05) is 6.07 Å². The van der Waals surface area contributed by atoms with Gasteiger partial charge >= 0.3 is 29.6 Å². The van der Waals surface area contributed by atoms with E-state index in [0.29, 0.717) is 12.0 Å². The van der Waals surface area contributed by atoms with Crippen LogP contribution in [0, 0.1) is 0 Å². The average molecular weight is 425 g/mol. The van der Waals surface area contributed by atoms with Gasteiger partial charge in [0.15, 0.2) is 0 Å². The van der Waals surface area contributed by atoms with Crippen LogP contribution in [0.5, 0.6) is 11.5 Å². The van der Waals surface area contributed by atoms with E-state index in [9.17, 15) is 18.6 Å². The maximum absolute atomic E-state index is 11.1. The first-order chi connectivity index (χ1) is 12.9. The van der Waals surface area contributed by atoms with Gasteiger partial charge in [-0.05, 0) is 24.5 Å². The van der Waals surface area contributed by atoms with Crippen molar-refractivity contribution < 1.29 is 23.2 Å². The second kappa shape index (κ2) is 15.6. The number of rotatable bonds is 15. The van der Waals surface area contributed by atoms with Gasteiger partial charge in [0.2, 0.25) is 0 Å². The van der Waals surface area contributed by atoms with Gasteiger partial charge in [-0.2, -0.15) is 8.42 Å². The molecule has 0 aliphatic heterocycles. The predicted octanol–water partition coefficient (Wildman–Crippen LogP) is 5.33. The Morgan fingerprint density at radius 2 is 1.14 bits per heavy atom. The Morgan fingerprint density at radius 1 is 0.714 bits per heavy atom. The van der Waals surface area contributed by atoms with Crippen molar-refractivity contribution in [3.63, 3.8) is 0 Å². The molecule has 0 spiro atoms. The summed E-state index contributed by atoms with van der Waals surface area (Å²) in [6.07, 6.45) is 16.9. The molecule has 3 N–H and O–H groups in total. The van der Waals surface area contributed by atoms with Crippen LogP contribution in [-0.2, 0) is 16.5 Å². The molecule has 0 saturated carbocycles. The second-order valence-electron chi connectivity index (χ2n) is 7.42. The van der Waals surface area contributed by atoms with Crippen molar-refractivity contribution in [3.05, 3.63) is 17.7 Å². The van der Waals surface area contributed by atoms with Crippen LogP contribution in [0.2, 0.25) is 0 Å². The van der Waals surface area contributed by atoms with Crippen molar-refractivity contribution >= 4 is 39.7 Å². The van der Waals surface area contributed by atoms with Gasteiger partial charge in [0.25, 0.3) is 10.1 Å². The standard InChI is InChI=1S/C21H36O5S.Na.H/c1-2-3-4-5-6-7-8-9-10-11-12-13-14-15-18-16-20(23)21(17-19(18)22)27(24,25)26;;/h16-17,22-23H,2-15H2,1H3,(H,24,25,26);;. The van der Waals surface area contributed by atoms with E-state index in [4.69, 9.17) is 4.55 Å². The van der Waals surface area contributed by atoms with Crippen molar-refractivity contribution in [1.29, 1.82) is 0 Å². The monoisotopic (exact) mass is 424 g/mol. The number of aryl methyl sites for hydroxylation is 1. The van der Waals surface area contributed by atoms with Crippen molar-refractivity contribution in [3.8, 4) is 11.5 Å². The normalized spacial score (nSPS) is 11.4. The zero-order valence-corrected chi connectivity index (χ0v) is 17.4. The topological polar surface area (TPSA) is 94.8 Å². The zero-order valence-electron chi connectivity index (χ0n) is 16.6. The molecule has 0 bridgehead atoms. The fraction of sp³-hybridized carbons (Fsp3) is 0.714. The summed E-state index contributed by atoms with van der Waals surface area (Å²) in [6.45, 7) is 2.24. The molecule has 0 fully saturated rings. The molecule has 5 nitrogen and oxygen atoms in total. The molecule has 1 rings (SSSR count). The van der Waals surface area contributed by atoms with Gasteiger partial charge in [-0.15, -0.1) is 0 Å². The molecule has 0 heterocycles. The SMILES string of the molecule is CCCCCCCCCCCCCCCc1cc(O)c(S(=O)(=O)O)cc1O.[NaH]. The van der Waals surface area contributed by atoms with Gasteiger partial charge in [0.1, 0.15) is 16.4 Å². The van der Waals surface area contributed by atoms with E-state index in [0.717, 1.165) is 25.3 Å². The van der Waals surface area contributed by atoms with Gasteiger partial charge < -0.3 is 10.2 Å². The molecule has 0 atom stereocenters. The molecule has 0 saturated heterocycles. The Hall–Kier alpha value is -0.270. The molecule has 0 aromatic heterocycles. The van der Waals surface area contributed by atoms with Crippen molar-refractivity contribution in [2.45, 2.75) is 102 Å². The number of hydrogen-bond donors (Lipinski definition) is 3. The molecule has 1 aromatic carbocycles. The van der Waals surface area contributed by atoms with E-state index in [2.05, 4.69) is 6.92 Å². The number of benzene rings is 1. The molecule has 0 amide bonds. The van der Waals surface area contributed by atoms with Crippen molar-refractivity contribution in [1.82, 2.24) is 0 Å². The van der Waals surface area contributed by atoms with Crippen LogP contribution in [0.25, 0.3) is 0 Å². The maximum atomic E-state index is 11.1. The Kier molecular flexibility index (Phi) is 15.4. The molecule has 0 aliphatic carbocycles. The third kappa shape index (κ3) is 11.7. The Morgan fingerprint density at radius 3 is 1.57 bits per heavy atom. The number of phenolic OH excluding ortho intramolecular Hbond substituents is 2. The number of unbranched alkanes of at least 4 members (excludes halogenated alkanes) is 12. The number of aromatic hydroxyl groups is 2. The van der Waals surface area contributed by atoms with E-state index >= 15 is 0 Å². The summed E-state index contributed by atoms with van der Waals surface area (Å²) in [5, 5.41) is 19.6. The molecule has 0 aliphatic rings. The summed E-state index contributed by atoms with van der Waals surface area (Å²) in [5.74, 6) is -0.737. The summed E-state index contributed by atoms with van der Waals surface area (Å²) in [6, 6.07) is 2.13.